The fraction of sp³-hybridized carbons (Fsp3) is 0.462. The van der Waals surface area contributed by atoms with Crippen LogP contribution in [0, 0.1) is 17.6 Å². The fourth-order valence-electron chi connectivity index (χ4n) is 2.21. The Morgan fingerprint density at radius 3 is 2.94 bits per heavy atom. The van der Waals surface area contributed by atoms with Crippen molar-refractivity contribution in [1.82, 2.24) is 4.90 Å². The highest BCUT2D eigenvalue weighted by atomic mass is 35.5. The Hall–Kier alpha value is -1.16. The van der Waals surface area contributed by atoms with Gasteiger partial charge in [-0.05, 0) is 30.9 Å². The number of likely N-dealkylation sites (tertiary alicyclic amines) is 1. The van der Waals surface area contributed by atoms with Gasteiger partial charge in [0.1, 0.15) is 0 Å². The molecule has 0 aliphatic carbocycles. The van der Waals surface area contributed by atoms with Crippen LogP contribution in [0.2, 0.25) is 0 Å². The summed E-state index contributed by atoms with van der Waals surface area (Å²) in [5, 5.41) is 0. The second-order valence-corrected chi connectivity index (χ2v) is 4.82. The molecule has 98 valence electrons. The van der Waals surface area contributed by atoms with Crippen LogP contribution in [0.4, 0.5) is 8.78 Å². The van der Waals surface area contributed by atoms with Gasteiger partial charge in [0.15, 0.2) is 11.6 Å². The zero-order valence-corrected chi connectivity index (χ0v) is 10.6. The first-order chi connectivity index (χ1) is 8.63. The molecule has 0 bridgehead atoms. The lowest BCUT2D eigenvalue weighted by molar-refractivity contribution is 0.0679. The number of rotatable bonds is 2. The van der Waals surface area contributed by atoms with E-state index in [1.807, 2.05) is 0 Å². The minimum Gasteiger partial charge on any atom is -0.338 e. The zero-order chi connectivity index (χ0) is 13.1. The molecule has 0 N–H and O–H groups in total. The molecule has 1 heterocycles. The van der Waals surface area contributed by atoms with Gasteiger partial charge in [-0.15, -0.1) is 11.6 Å². The Bertz CT molecular complexity index is 453. The third-order valence-electron chi connectivity index (χ3n) is 3.21. The van der Waals surface area contributed by atoms with Crippen LogP contribution in [0.15, 0.2) is 18.2 Å². The number of carbonyl (C=O) groups excluding carboxylic acids is 1. The lowest BCUT2D eigenvalue weighted by Crippen LogP contribution is -2.40. The molecule has 1 aliphatic rings. The number of carbonyl (C=O) groups is 1. The van der Waals surface area contributed by atoms with Crippen LogP contribution in [0.1, 0.15) is 23.2 Å². The SMILES string of the molecule is O=C(c1cccc(F)c1F)N1CCCC(CCl)C1. The predicted molar refractivity (Wildman–Crippen MR) is 65.7 cm³/mol. The van der Waals surface area contributed by atoms with Crippen molar-refractivity contribution in [1.29, 1.82) is 0 Å². The molecule has 2 nitrogen and oxygen atoms in total. The van der Waals surface area contributed by atoms with Gasteiger partial charge in [0.05, 0.1) is 5.56 Å². The standard InChI is InChI=1S/C13H14ClF2NO/c14-7-9-3-2-6-17(8-9)13(18)10-4-1-5-11(15)12(10)16/h1,4-5,9H,2-3,6-8H2. The van der Waals surface area contributed by atoms with Crippen LogP contribution in [0.25, 0.3) is 0 Å². The van der Waals surface area contributed by atoms with E-state index in [4.69, 9.17) is 11.6 Å². The van der Waals surface area contributed by atoms with E-state index >= 15 is 0 Å². The van der Waals surface area contributed by atoms with Crippen molar-refractivity contribution >= 4 is 17.5 Å². The number of hydrogen-bond donors (Lipinski definition) is 0. The maximum atomic E-state index is 13.5. The van der Waals surface area contributed by atoms with Gasteiger partial charge in [-0.25, -0.2) is 8.78 Å². The Balaban J connectivity index is 2.18. The van der Waals surface area contributed by atoms with E-state index in [2.05, 4.69) is 0 Å². The van der Waals surface area contributed by atoms with Crippen LogP contribution >= 0.6 is 11.6 Å². The van der Waals surface area contributed by atoms with E-state index < -0.39 is 17.5 Å². The van der Waals surface area contributed by atoms with Gasteiger partial charge in [0, 0.05) is 19.0 Å². The Morgan fingerprint density at radius 1 is 1.44 bits per heavy atom. The van der Waals surface area contributed by atoms with E-state index in [1.165, 1.54) is 12.1 Å². The minimum absolute atomic E-state index is 0.203. The summed E-state index contributed by atoms with van der Waals surface area (Å²) in [6, 6.07) is 3.66. The molecule has 1 atom stereocenters. The van der Waals surface area contributed by atoms with Crippen LogP contribution in [0.5, 0.6) is 0 Å². The summed E-state index contributed by atoms with van der Waals surface area (Å²) in [4.78, 5) is 13.7. The molecule has 1 aliphatic heterocycles. The fourth-order valence-corrected chi connectivity index (χ4v) is 2.47. The number of hydrogen-bond acceptors (Lipinski definition) is 1. The van der Waals surface area contributed by atoms with Gasteiger partial charge >= 0.3 is 0 Å². The minimum atomic E-state index is -1.07. The Morgan fingerprint density at radius 2 is 2.22 bits per heavy atom. The molecule has 1 amide bonds. The van der Waals surface area contributed by atoms with Crippen molar-refractivity contribution in [3.8, 4) is 0 Å². The van der Waals surface area contributed by atoms with E-state index in [1.54, 1.807) is 4.90 Å². The summed E-state index contributed by atoms with van der Waals surface area (Å²) in [5.74, 6) is -1.81. The smallest absolute Gasteiger partial charge is 0.256 e. The van der Waals surface area contributed by atoms with Crippen molar-refractivity contribution < 1.29 is 13.6 Å². The topological polar surface area (TPSA) is 20.3 Å². The molecule has 1 aromatic carbocycles. The molecular formula is C13H14ClF2NO. The first-order valence-corrected chi connectivity index (χ1v) is 6.46. The maximum absolute atomic E-state index is 13.5. The molecule has 0 spiro atoms. The van der Waals surface area contributed by atoms with Crippen LogP contribution in [-0.2, 0) is 0 Å². The number of halogens is 3. The van der Waals surface area contributed by atoms with Crippen molar-refractivity contribution in [2.24, 2.45) is 5.92 Å². The Kier molecular flexibility index (Phi) is 4.17. The number of amides is 1. The monoisotopic (exact) mass is 273 g/mol. The summed E-state index contributed by atoms with van der Waals surface area (Å²) in [6.07, 6.45) is 1.82. The van der Waals surface area contributed by atoms with Gasteiger partial charge in [-0.3, -0.25) is 4.79 Å². The molecule has 1 fully saturated rings. The highest BCUT2D eigenvalue weighted by molar-refractivity contribution is 6.18. The second-order valence-electron chi connectivity index (χ2n) is 4.52. The molecule has 1 aromatic rings. The number of nitrogens with zero attached hydrogens (tertiary/aromatic N) is 1. The van der Waals surface area contributed by atoms with E-state index in [0.29, 0.717) is 19.0 Å². The van der Waals surface area contributed by atoms with Gasteiger partial charge < -0.3 is 4.90 Å². The quantitative estimate of drug-likeness (QED) is 0.759. The van der Waals surface area contributed by atoms with Crippen LogP contribution < -0.4 is 0 Å². The average Bonchev–Trinajstić information content (AvgIpc) is 2.41. The summed E-state index contributed by atoms with van der Waals surface area (Å²) >= 11 is 5.78. The van der Waals surface area contributed by atoms with Crippen molar-refractivity contribution in [2.45, 2.75) is 12.8 Å². The van der Waals surface area contributed by atoms with E-state index in [0.717, 1.165) is 18.9 Å². The van der Waals surface area contributed by atoms with Gasteiger partial charge in [-0.2, -0.15) is 0 Å². The highest BCUT2D eigenvalue weighted by Gasteiger charge is 2.26. The number of piperidine rings is 1. The lowest BCUT2D eigenvalue weighted by atomic mass is 9.99. The summed E-state index contributed by atoms with van der Waals surface area (Å²) in [7, 11) is 0. The molecular weight excluding hydrogens is 260 g/mol. The van der Waals surface area contributed by atoms with Crippen LogP contribution in [-0.4, -0.2) is 29.8 Å². The molecule has 5 heteroatoms. The van der Waals surface area contributed by atoms with Gasteiger partial charge in [-0.1, -0.05) is 6.07 Å². The summed E-state index contributed by atoms with van der Waals surface area (Å²) in [6.45, 7) is 1.08. The third kappa shape index (κ3) is 2.64. The molecule has 1 unspecified atom stereocenters. The largest absolute Gasteiger partial charge is 0.338 e. The number of alkyl halides is 1. The van der Waals surface area contributed by atoms with Crippen LogP contribution in [0.3, 0.4) is 0 Å². The molecule has 0 saturated carbocycles. The second kappa shape index (κ2) is 5.65. The van der Waals surface area contributed by atoms with E-state index in [-0.39, 0.29) is 11.5 Å². The molecule has 0 radical (unpaired) electrons. The molecule has 18 heavy (non-hydrogen) atoms. The summed E-state index contributed by atoms with van der Waals surface area (Å²) in [5.41, 5.74) is -0.203. The Labute approximate surface area is 110 Å². The van der Waals surface area contributed by atoms with Gasteiger partial charge in [0.2, 0.25) is 0 Å². The first-order valence-electron chi connectivity index (χ1n) is 5.92. The lowest BCUT2D eigenvalue weighted by Gasteiger charge is -2.31. The zero-order valence-electron chi connectivity index (χ0n) is 9.83. The maximum Gasteiger partial charge on any atom is 0.256 e. The predicted octanol–water partition coefficient (Wildman–Crippen LogP) is 3.06. The molecule has 2 rings (SSSR count). The van der Waals surface area contributed by atoms with Crippen molar-refractivity contribution in [3.63, 3.8) is 0 Å². The normalized spacial score (nSPS) is 19.9. The third-order valence-corrected chi connectivity index (χ3v) is 3.64. The highest BCUT2D eigenvalue weighted by Crippen LogP contribution is 2.21. The van der Waals surface area contributed by atoms with Crippen molar-refractivity contribution in [3.05, 3.63) is 35.4 Å². The molecule has 0 aromatic heterocycles. The van der Waals surface area contributed by atoms with Crippen molar-refractivity contribution in [2.75, 3.05) is 19.0 Å². The molecule has 1 saturated heterocycles. The summed E-state index contributed by atoms with van der Waals surface area (Å²) < 4.78 is 26.6. The van der Waals surface area contributed by atoms with Gasteiger partial charge in [0.25, 0.3) is 5.91 Å². The average molecular weight is 274 g/mol. The first kappa shape index (κ1) is 13.3. The van der Waals surface area contributed by atoms with E-state index in [9.17, 15) is 13.6 Å². The number of benzene rings is 1.